The molecule has 9 heteroatoms. The number of hydrogen-bond donors (Lipinski definition) is 2. The van der Waals surface area contributed by atoms with Gasteiger partial charge in [0.1, 0.15) is 6.04 Å². The van der Waals surface area contributed by atoms with Crippen molar-refractivity contribution >= 4 is 49.3 Å². The fourth-order valence-electron chi connectivity index (χ4n) is 4.01. The standard InChI is InChI=1S/C22H21FN2O5S/c1-30-12-22(23)9-16(21(28)29)25(11-22)19(26)10-24-20(27)13-6-7-18-15(8-13)14-4-2-3-5-17(14)31-18/h2-8,16H,9-12H2,1H3,(H,24,27)(H,28,29)/t16-,22+/m0/s1. The van der Waals surface area contributed by atoms with E-state index in [9.17, 15) is 23.9 Å². The Hall–Kier alpha value is -3.04. The Bertz CT molecular complexity index is 1180. The lowest BCUT2D eigenvalue weighted by Crippen LogP contribution is -2.46. The van der Waals surface area contributed by atoms with Gasteiger partial charge < -0.3 is 20.1 Å². The van der Waals surface area contributed by atoms with Crippen LogP contribution in [-0.2, 0) is 14.3 Å². The molecule has 0 radical (unpaired) electrons. The SMILES string of the molecule is COC[C@@]1(F)C[C@@H](C(=O)O)N(C(=O)CNC(=O)c2ccc3sc4ccccc4c3c2)C1. The lowest BCUT2D eigenvalue weighted by Gasteiger charge is -2.22. The minimum absolute atomic E-state index is 0.304. The zero-order valence-corrected chi connectivity index (χ0v) is 17.6. The molecule has 2 heterocycles. The summed E-state index contributed by atoms with van der Waals surface area (Å²) in [5.41, 5.74) is -1.54. The second-order valence-electron chi connectivity index (χ2n) is 7.66. The van der Waals surface area contributed by atoms with E-state index >= 15 is 0 Å². The smallest absolute Gasteiger partial charge is 0.326 e. The average Bonchev–Trinajstić information content (AvgIpc) is 3.29. The molecular formula is C22H21FN2O5S. The molecule has 0 spiro atoms. The zero-order chi connectivity index (χ0) is 22.2. The number of carboxylic acids is 1. The van der Waals surface area contributed by atoms with Crippen molar-refractivity contribution in [2.45, 2.75) is 18.1 Å². The van der Waals surface area contributed by atoms with Crippen LogP contribution in [0.4, 0.5) is 4.39 Å². The summed E-state index contributed by atoms with van der Waals surface area (Å²) in [6, 6.07) is 11.9. The highest BCUT2D eigenvalue weighted by molar-refractivity contribution is 7.25. The Morgan fingerprint density at radius 2 is 1.97 bits per heavy atom. The quantitative estimate of drug-likeness (QED) is 0.610. The fourth-order valence-corrected chi connectivity index (χ4v) is 5.10. The number of methoxy groups -OCH3 is 1. The van der Waals surface area contributed by atoms with Crippen LogP contribution in [0.15, 0.2) is 42.5 Å². The maximum Gasteiger partial charge on any atom is 0.326 e. The molecule has 1 aliphatic rings. The van der Waals surface area contributed by atoms with Crippen LogP contribution in [0, 0.1) is 0 Å². The van der Waals surface area contributed by atoms with E-state index in [-0.39, 0.29) is 19.6 Å². The molecule has 1 fully saturated rings. The van der Waals surface area contributed by atoms with Gasteiger partial charge in [0.15, 0.2) is 5.67 Å². The average molecular weight is 444 g/mol. The molecular weight excluding hydrogens is 423 g/mol. The lowest BCUT2D eigenvalue weighted by molar-refractivity contribution is -0.147. The number of thiophene rings is 1. The third-order valence-corrected chi connectivity index (χ3v) is 6.59. The van der Waals surface area contributed by atoms with E-state index < -0.39 is 36.0 Å². The number of halogens is 1. The molecule has 0 unspecified atom stereocenters. The lowest BCUT2D eigenvalue weighted by atomic mass is 10.0. The number of carboxylic acid groups (broad SMARTS) is 1. The summed E-state index contributed by atoms with van der Waals surface area (Å²) >= 11 is 1.63. The molecule has 2 aromatic carbocycles. The Balaban J connectivity index is 1.47. The fraction of sp³-hybridized carbons (Fsp3) is 0.318. The minimum Gasteiger partial charge on any atom is -0.480 e. The predicted octanol–water partition coefficient (Wildman–Crippen LogP) is 2.82. The number of benzene rings is 2. The number of carbonyl (C=O) groups excluding carboxylic acids is 2. The Morgan fingerprint density at radius 3 is 2.71 bits per heavy atom. The van der Waals surface area contributed by atoms with E-state index in [1.807, 2.05) is 30.3 Å². The van der Waals surface area contributed by atoms with E-state index in [1.165, 1.54) is 7.11 Å². The van der Waals surface area contributed by atoms with Gasteiger partial charge in [-0.15, -0.1) is 11.3 Å². The molecule has 1 aliphatic heterocycles. The molecule has 1 aromatic heterocycles. The number of aliphatic carboxylic acids is 1. The second kappa shape index (κ2) is 8.24. The second-order valence-corrected chi connectivity index (χ2v) is 8.74. The summed E-state index contributed by atoms with van der Waals surface area (Å²) in [6.45, 7) is -1.12. The maximum absolute atomic E-state index is 14.8. The van der Waals surface area contributed by atoms with Crippen molar-refractivity contribution in [2.24, 2.45) is 0 Å². The predicted molar refractivity (Wildman–Crippen MR) is 115 cm³/mol. The summed E-state index contributed by atoms with van der Waals surface area (Å²) < 4.78 is 21.8. The highest BCUT2D eigenvalue weighted by Crippen LogP contribution is 2.34. The van der Waals surface area contributed by atoms with Crippen LogP contribution in [-0.4, -0.2) is 66.3 Å². The van der Waals surface area contributed by atoms with Crippen LogP contribution < -0.4 is 5.32 Å². The van der Waals surface area contributed by atoms with Crippen LogP contribution in [0.25, 0.3) is 20.2 Å². The third kappa shape index (κ3) is 4.11. The molecule has 31 heavy (non-hydrogen) atoms. The van der Waals surface area contributed by atoms with Gasteiger partial charge in [0, 0.05) is 39.3 Å². The number of nitrogens with one attached hydrogen (secondary N) is 1. The topological polar surface area (TPSA) is 95.9 Å². The van der Waals surface area contributed by atoms with Gasteiger partial charge in [0.25, 0.3) is 5.91 Å². The first-order valence-electron chi connectivity index (χ1n) is 9.71. The molecule has 0 saturated carbocycles. The molecule has 3 aromatic rings. The zero-order valence-electron chi connectivity index (χ0n) is 16.8. The maximum atomic E-state index is 14.8. The highest BCUT2D eigenvalue weighted by atomic mass is 32.1. The number of ether oxygens (including phenoxy) is 1. The number of likely N-dealkylation sites (tertiary alicyclic amines) is 1. The van der Waals surface area contributed by atoms with Crippen LogP contribution in [0.2, 0.25) is 0 Å². The van der Waals surface area contributed by atoms with E-state index in [2.05, 4.69) is 5.32 Å². The largest absolute Gasteiger partial charge is 0.480 e. The number of nitrogens with zero attached hydrogens (tertiary/aromatic N) is 1. The first-order chi connectivity index (χ1) is 14.8. The van der Waals surface area contributed by atoms with Gasteiger partial charge in [0.05, 0.1) is 19.7 Å². The summed E-state index contributed by atoms with van der Waals surface area (Å²) in [7, 11) is 1.31. The van der Waals surface area contributed by atoms with Crippen LogP contribution in [0.3, 0.4) is 0 Å². The van der Waals surface area contributed by atoms with Crippen LogP contribution in [0.1, 0.15) is 16.8 Å². The summed E-state index contributed by atoms with van der Waals surface area (Å²) in [6.07, 6.45) is -0.349. The number of carbonyl (C=O) groups is 3. The minimum atomic E-state index is -1.93. The molecule has 4 rings (SSSR count). The van der Waals surface area contributed by atoms with Crippen molar-refractivity contribution < 1.29 is 28.6 Å². The number of rotatable bonds is 6. The van der Waals surface area contributed by atoms with E-state index in [0.29, 0.717) is 5.56 Å². The van der Waals surface area contributed by atoms with Gasteiger partial charge in [-0.05, 0) is 24.3 Å². The number of amides is 2. The Kier molecular flexibility index (Phi) is 5.63. The van der Waals surface area contributed by atoms with Gasteiger partial charge >= 0.3 is 5.97 Å². The van der Waals surface area contributed by atoms with Gasteiger partial charge in [-0.1, -0.05) is 18.2 Å². The summed E-state index contributed by atoms with van der Waals surface area (Å²) in [5, 5.41) is 13.9. The first-order valence-corrected chi connectivity index (χ1v) is 10.5. The number of hydrogen-bond acceptors (Lipinski definition) is 5. The monoisotopic (exact) mass is 444 g/mol. The van der Waals surface area contributed by atoms with Gasteiger partial charge in [0.2, 0.25) is 5.91 Å². The highest BCUT2D eigenvalue weighted by Gasteiger charge is 2.49. The molecule has 162 valence electrons. The van der Waals surface area contributed by atoms with Gasteiger partial charge in [-0.2, -0.15) is 0 Å². The number of alkyl halides is 1. The van der Waals surface area contributed by atoms with Crippen molar-refractivity contribution in [3.63, 3.8) is 0 Å². The van der Waals surface area contributed by atoms with Crippen molar-refractivity contribution in [3.05, 3.63) is 48.0 Å². The van der Waals surface area contributed by atoms with Gasteiger partial charge in [-0.25, -0.2) is 9.18 Å². The van der Waals surface area contributed by atoms with E-state index in [0.717, 1.165) is 25.1 Å². The molecule has 2 N–H and O–H groups in total. The third-order valence-electron chi connectivity index (χ3n) is 5.44. The molecule has 2 amide bonds. The van der Waals surface area contributed by atoms with Crippen LogP contribution in [0.5, 0.6) is 0 Å². The van der Waals surface area contributed by atoms with Crippen molar-refractivity contribution in [3.8, 4) is 0 Å². The van der Waals surface area contributed by atoms with Crippen molar-refractivity contribution in [2.75, 3.05) is 26.8 Å². The molecule has 0 bridgehead atoms. The summed E-state index contributed by atoms with van der Waals surface area (Å²) in [4.78, 5) is 37.6. The first kappa shape index (κ1) is 21.2. The Labute approximate surface area is 181 Å². The molecule has 2 atom stereocenters. The number of fused-ring (bicyclic) bond motifs is 3. The van der Waals surface area contributed by atoms with Crippen molar-refractivity contribution in [1.82, 2.24) is 10.2 Å². The van der Waals surface area contributed by atoms with Gasteiger partial charge in [-0.3, -0.25) is 9.59 Å². The Morgan fingerprint density at radius 1 is 1.23 bits per heavy atom. The normalized spacial score (nSPS) is 21.0. The molecule has 0 aliphatic carbocycles. The van der Waals surface area contributed by atoms with Crippen LogP contribution >= 0.6 is 11.3 Å². The van der Waals surface area contributed by atoms with E-state index in [4.69, 9.17) is 4.74 Å². The van der Waals surface area contributed by atoms with E-state index in [1.54, 1.807) is 23.5 Å². The summed E-state index contributed by atoms with van der Waals surface area (Å²) in [5.74, 6) is -2.40. The van der Waals surface area contributed by atoms with Crippen molar-refractivity contribution in [1.29, 1.82) is 0 Å². The molecule has 1 saturated heterocycles. The molecule has 7 nitrogen and oxygen atoms in total.